The average Bonchev–Trinajstić information content (AvgIpc) is 2.79. The first-order valence-electron chi connectivity index (χ1n) is 7.19. The van der Waals surface area contributed by atoms with Crippen molar-refractivity contribution >= 4 is 0 Å². The van der Waals surface area contributed by atoms with Gasteiger partial charge in [0.25, 0.3) is 0 Å². The standard InChI is InChI=1S/C16H23NO2/c1-16(2,3)6-4-13-12-9-15-14(18-10-19-15)8-11(12)5-7-17-13/h8-9,13,17H,4-7,10H2,1-3H3. The van der Waals surface area contributed by atoms with Gasteiger partial charge < -0.3 is 14.8 Å². The Kier molecular flexibility index (Phi) is 3.17. The van der Waals surface area contributed by atoms with E-state index < -0.39 is 0 Å². The van der Waals surface area contributed by atoms with Crippen LogP contribution < -0.4 is 14.8 Å². The van der Waals surface area contributed by atoms with Crippen LogP contribution in [0.25, 0.3) is 0 Å². The van der Waals surface area contributed by atoms with Crippen molar-refractivity contribution in [3.8, 4) is 11.5 Å². The van der Waals surface area contributed by atoms with Crippen molar-refractivity contribution in [3.05, 3.63) is 23.3 Å². The monoisotopic (exact) mass is 261 g/mol. The number of ether oxygens (including phenoxy) is 2. The third-order valence-corrected chi connectivity index (χ3v) is 3.98. The molecule has 3 heteroatoms. The minimum atomic E-state index is 0.359. The molecule has 104 valence electrons. The Morgan fingerprint density at radius 3 is 2.68 bits per heavy atom. The largest absolute Gasteiger partial charge is 0.454 e. The normalized spacial score (nSPS) is 21.3. The van der Waals surface area contributed by atoms with E-state index in [1.54, 1.807) is 0 Å². The van der Waals surface area contributed by atoms with Crippen LogP contribution in [-0.4, -0.2) is 13.3 Å². The molecule has 1 atom stereocenters. The highest BCUT2D eigenvalue weighted by molar-refractivity contribution is 5.50. The van der Waals surface area contributed by atoms with Crippen LogP contribution in [0.1, 0.15) is 50.8 Å². The van der Waals surface area contributed by atoms with E-state index >= 15 is 0 Å². The fourth-order valence-corrected chi connectivity index (χ4v) is 2.87. The van der Waals surface area contributed by atoms with Crippen molar-refractivity contribution < 1.29 is 9.47 Å². The van der Waals surface area contributed by atoms with Gasteiger partial charge in [-0.2, -0.15) is 0 Å². The zero-order valence-corrected chi connectivity index (χ0v) is 12.1. The second-order valence-electron chi connectivity index (χ2n) is 6.76. The summed E-state index contributed by atoms with van der Waals surface area (Å²) in [7, 11) is 0. The van der Waals surface area contributed by atoms with E-state index in [0.717, 1.165) is 24.5 Å². The number of rotatable bonds is 2. The van der Waals surface area contributed by atoms with Gasteiger partial charge in [-0.1, -0.05) is 20.8 Å². The first kappa shape index (κ1) is 12.8. The Hall–Kier alpha value is -1.22. The molecule has 3 rings (SSSR count). The molecule has 0 amide bonds. The number of nitrogens with one attached hydrogen (secondary N) is 1. The molecule has 0 aliphatic carbocycles. The lowest BCUT2D eigenvalue weighted by atomic mass is 9.84. The van der Waals surface area contributed by atoms with E-state index in [1.165, 1.54) is 24.0 Å². The Bertz CT molecular complexity index is 476. The molecule has 19 heavy (non-hydrogen) atoms. The molecule has 0 bridgehead atoms. The maximum absolute atomic E-state index is 5.51. The minimum Gasteiger partial charge on any atom is -0.454 e. The van der Waals surface area contributed by atoms with Crippen LogP contribution in [0.2, 0.25) is 0 Å². The maximum Gasteiger partial charge on any atom is 0.231 e. The number of hydrogen-bond donors (Lipinski definition) is 1. The second kappa shape index (κ2) is 4.71. The van der Waals surface area contributed by atoms with Crippen LogP contribution in [0.4, 0.5) is 0 Å². The summed E-state index contributed by atoms with van der Waals surface area (Å²) in [5, 5.41) is 3.64. The van der Waals surface area contributed by atoms with Gasteiger partial charge in [-0.25, -0.2) is 0 Å². The Labute approximate surface area is 115 Å². The Morgan fingerprint density at radius 1 is 1.21 bits per heavy atom. The lowest BCUT2D eigenvalue weighted by molar-refractivity contribution is 0.174. The number of fused-ring (bicyclic) bond motifs is 2. The summed E-state index contributed by atoms with van der Waals surface area (Å²) in [4.78, 5) is 0. The summed E-state index contributed by atoms with van der Waals surface area (Å²) in [5.41, 5.74) is 3.21. The molecule has 2 aliphatic heterocycles. The SMILES string of the molecule is CC(C)(C)CCC1NCCc2cc3c(cc21)OCO3. The van der Waals surface area contributed by atoms with E-state index in [1.807, 2.05) is 0 Å². The fourth-order valence-electron chi connectivity index (χ4n) is 2.87. The Balaban J connectivity index is 1.83. The van der Waals surface area contributed by atoms with Gasteiger partial charge in [0.2, 0.25) is 6.79 Å². The molecule has 0 spiro atoms. The minimum absolute atomic E-state index is 0.359. The van der Waals surface area contributed by atoms with Gasteiger partial charge in [0.05, 0.1) is 0 Å². The first-order valence-corrected chi connectivity index (χ1v) is 7.19. The zero-order chi connectivity index (χ0) is 13.5. The highest BCUT2D eigenvalue weighted by Crippen LogP contribution is 2.40. The van der Waals surface area contributed by atoms with E-state index in [9.17, 15) is 0 Å². The van der Waals surface area contributed by atoms with Gasteiger partial charge in [-0.05, 0) is 54.5 Å². The van der Waals surface area contributed by atoms with Gasteiger partial charge in [0.15, 0.2) is 11.5 Å². The fraction of sp³-hybridized carbons (Fsp3) is 0.625. The molecule has 1 N–H and O–H groups in total. The second-order valence-corrected chi connectivity index (χ2v) is 6.76. The molecule has 0 saturated heterocycles. The quantitative estimate of drug-likeness (QED) is 0.884. The van der Waals surface area contributed by atoms with E-state index in [0.29, 0.717) is 18.2 Å². The molecule has 3 nitrogen and oxygen atoms in total. The molecule has 2 aliphatic rings. The van der Waals surface area contributed by atoms with Crippen molar-refractivity contribution in [3.63, 3.8) is 0 Å². The predicted molar refractivity (Wildman–Crippen MR) is 75.7 cm³/mol. The van der Waals surface area contributed by atoms with Crippen LogP contribution in [-0.2, 0) is 6.42 Å². The van der Waals surface area contributed by atoms with Gasteiger partial charge in [-0.15, -0.1) is 0 Å². The Morgan fingerprint density at radius 2 is 1.95 bits per heavy atom. The highest BCUT2D eigenvalue weighted by atomic mass is 16.7. The highest BCUT2D eigenvalue weighted by Gasteiger charge is 2.25. The van der Waals surface area contributed by atoms with Crippen molar-refractivity contribution in [2.75, 3.05) is 13.3 Å². The summed E-state index contributed by atoms with van der Waals surface area (Å²) < 4.78 is 11.0. The van der Waals surface area contributed by atoms with Crippen molar-refractivity contribution in [1.29, 1.82) is 0 Å². The average molecular weight is 261 g/mol. The summed E-state index contributed by atoms with van der Waals surface area (Å²) in [6.45, 7) is 8.32. The third-order valence-electron chi connectivity index (χ3n) is 3.98. The summed E-state index contributed by atoms with van der Waals surface area (Å²) in [6, 6.07) is 4.80. The first-order chi connectivity index (χ1) is 9.03. The van der Waals surface area contributed by atoms with Gasteiger partial charge in [-0.3, -0.25) is 0 Å². The number of benzene rings is 1. The summed E-state index contributed by atoms with van der Waals surface area (Å²) >= 11 is 0. The molecule has 1 aromatic carbocycles. The lowest BCUT2D eigenvalue weighted by Gasteiger charge is -2.29. The molecule has 1 aromatic rings. The number of hydrogen-bond acceptors (Lipinski definition) is 3. The van der Waals surface area contributed by atoms with Crippen molar-refractivity contribution in [1.82, 2.24) is 5.32 Å². The third kappa shape index (κ3) is 2.71. The van der Waals surface area contributed by atoms with Crippen LogP contribution >= 0.6 is 0 Å². The molecule has 0 radical (unpaired) electrons. The molecule has 1 unspecified atom stereocenters. The van der Waals surface area contributed by atoms with E-state index in [4.69, 9.17) is 9.47 Å². The maximum atomic E-state index is 5.51. The topological polar surface area (TPSA) is 30.5 Å². The van der Waals surface area contributed by atoms with Gasteiger partial charge in [0.1, 0.15) is 0 Å². The van der Waals surface area contributed by atoms with Crippen molar-refractivity contribution in [2.45, 2.75) is 46.1 Å². The molecular weight excluding hydrogens is 238 g/mol. The molecule has 0 fully saturated rings. The zero-order valence-electron chi connectivity index (χ0n) is 12.1. The molecule has 0 saturated carbocycles. The van der Waals surface area contributed by atoms with Crippen LogP contribution in [0.3, 0.4) is 0 Å². The summed E-state index contributed by atoms with van der Waals surface area (Å²) in [5.74, 6) is 1.82. The van der Waals surface area contributed by atoms with Gasteiger partial charge in [0, 0.05) is 6.04 Å². The van der Waals surface area contributed by atoms with Crippen LogP contribution in [0.15, 0.2) is 12.1 Å². The van der Waals surface area contributed by atoms with E-state index in [-0.39, 0.29) is 0 Å². The van der Waals surface area contributed by atoms with Crippen LogP contribution in [0.5, 0.6) is 11.5 Å². The predicted octanol–water partition coefficient (Wildman–Crippen LogP) is 3.43. The molecule has 2 heterocycles. The van der Waals surface area contributed by atoms with Crippen molar-refractivity contribution in [2.24, 2.45) is 5.41 Å². The summed E-state index contributed by atoms with van der Waals surface area (Å²) in [6.07, 6.45) is 3.48. The smallest absolute Gasteiger partial charge is 0.231 e. The molecule has 0 aromatic heterocycles. The van der Waals surface area contributed by atoms with Gasteiger partial charge >= 0.3 is 0 Å². The van der Waals surface area contributed by atoms with Crippen LogP contribution in [0, 0.1) is 5.41 Å². The molecular formula is C16H23NO2. The van der Waals surface area contributed by atoms with E-state index in [2.05, 4.69) is 38.2 Å². The lowest BCUT2D eigenvalue weighted by Crippen LogP contribution is -2.30.